The maximum Gasteiger partial charge on any atom is 0.132 e. The first-order chi connectivity index (χ1) is 5.95. The largest absolute Gasteiger partial charge is 0.366 e. The Labute approximate surface area is 72.6 Å². The summed E-state index contributed by atoms with van der Waals surface area (Å²) in [5.74, 6) is 0. The first-order valence-corrected chi connectivity index (χ1v) is 4.35. The van der Waals surface area contributed by atoms with Gasteiger partial charge in [0.15, 0.2) is 0 Å². The molecule has 0 aromatic carbocycles. The molecular weight excluding hydrogens is 150 g/mol. The lowest BCUT2D eigenvalue weighted by molar-refractivity contribution is 0.0504. The highest BCUT2D eigenvalue weighted by molar-refractivity contribution is 5.09. The maximum atomic E-state index is 5.48. The molecule has 0 bridgehead atoms. The molecule has 1 radical (unpaired) electrons. The first-order valence-electron chi connectivity index (χ1n) is 4.35. The van der Waals surface area contributed by atoms with Crippen LogP contribution in [0.1, 0.15) is 25.0 Å². The zero-order valence-electron chi connectivity index (χ0n) is 6.94. The second-order valence-electron chi connectivity index (χ2n) is 3.06. The first kappa shape index (κ1) is 7.74. The van der Waals surface area contributed by atoms with Gasteiger partial charge >= 0.3 is 0 Å². The summed E-state index contributed by atoms with van der Waals surface area (Å²) in [4.78, 5) is 4.13. The lowest BCUT2D eigenvalue weighted by Gasteiger charge is -2.24. The van der Waals surface area contributed by atoms with E-state index in [-0.39, 0.29) is 0 Å². The molecule has 2 rings (SSSR count). The van der Waals surface area contributed by atoms with E-state index in [0.717, 1.165) is 5.69 Å². The van der Waals surface area contributed by atoms with Crippen LogP contribution in [0.2, 0.25) is 0 Å². The molecule has 0 spiro atoms. The maximum absolute atomic E-state index is 5.48. The molecule has 1 aliphatic rings. The molecule has 0 aliphatic heterocycles. The van der Waals surface area contributed by atoms with Crippen molar-refractivity contribution in [3.05, 3.63) is 36.7 Å². The molecule has 0 amide bonds. The van der Waals surface area contributed by atoms with Crippen molar-refractivity contribution in [2.45, 2.75) is 25.4 Å². The van der Waals surface area contributed by atoms with Crippen LogP contribution in [0.25, 0.3) is 0 Å². The zero-order chi connectivity index (χ0) is 8.23. The average Bonchev–Trinajstić information content (AvgIpc) is 2.04. The average molecular weight is 162 g/mol. The van der Waals surface area contributed by atoms with Crippen molar-refractivity contribution in [3.8, 4) is 0 Å². The van der Waals surface area contributed by atoms with Gasteiger partial charge in [-0.1, -0.05) is 6.07 Å². The van der Waals surface area contributed by atoms with E-state index in [1.165, 1.54) is 19.3 Å². The summed E-state index contributed by atoms with van der Waals surface area (Å²) in [6.07, 6.45) is 5.93. The SMILES string of the molecule is [CH](OC1CCC1)c1ccccn1. The van der Waals surface area contributed by atoms with Gasteiger partial charge in [0, 0.05) is 6.20 Å². The molecule has 0 saturated heterocycles. The number of hydrogen-bond acceptors (Lipinski definition) is 2. The Balaban J connectivity index is 1.79. The number of aromatic nitrogens is 1. The van der Waals surface area contributed by atoms with E-state index >= 15 is 0 Å². The zero-order valence-corrected chi connectivity index (χ0v) is 6.94. The van der Waals surface area contributed by atoms with Gasteiger partial charge in [-0.3, -0.25) is 4.98 Å². The van der Waals surface area contributed by atoms with Crippen molar-refractivity contribution in [2.75, 3.05) is 0 Å². The second-order valence-corrected chi connectivity index (χ2v) is 3.06. The molecule has 63 valence electrons. The summed E-state index contributed by atoms with van der Waals surface area (Å²) < 4.78 is 5.48. The standard InChI is InChI=1S/C10H12NO/c1-2-7-11-9(4-1)8-12-10-5-3-6-10/h1-2,4,7-8,10H,3,5-6H2. The summed E-state index contributed by atoms with van der Waals surface area (Å²) >= 11 is 0. The molecule has 1 aliphatic carbocycles. The Morgan fingerprint density at radius 2 is 2.33 bits per heavy atom. The normalized spacial score (nSPS) is 17.3. The molecule has 2 nitrogen and oxygen atoms in total. The Hall–Kier alpha value is -0.890. The van der Waals surface area contributed by atoms with Gasteiger partial charge in [0.05, 0.1) is 11.8 Å². The van der Waals surface area contributed by atoms with Gasteiger partial charge < -0.3 is 4.74 Å². The molecule has 1 fully saturated rings. The summed E-state index contributed by atoms with van der Waals surface area (Å²) in [7, 11) is 0. The quantitative estimate of drug-likeness (QED) is 0.679. The van der Waals surface area contributed by atoms with E-state index in [4.69, 9.17) is 4.74 Å². The molecule has 12 heavy (non-hydrogen) atoms. The summed E-state index contributed by atoms with van der Waals surface area (Å²) in [6.45, 7) is 1.75. The minimum atomic E-state index is 0.451. The highest BCUT2D eigenvalue weighted by atomic mass is 16.5. The minimum Gasteiger partial charge on any atom is -0.366 e. The van der Waals surface area contributed by atoms with Crippen molar-refractivity contribution >= 4 is 0 Å². The van der Waals surface area contributed by atoms with Crippen LogP contribution < -0.4 is 0 Å². The van der Waals surface area contributed by atoms with Crippen molar-refractivity contribution in [1.29, 1.82) is 0 Å². The monoisotopic (exact) mass is 162 g/mol. The van der Waals surface area contributed by atoms with E-state index in [1.54, 1.807) is 12.8 Å². The number of nitrogens with zero attached hydrogens (tertiary/aromatic N) is 1. The highest BCUT2D eigenvalue weighted by Gasteiger charge is 2.17. The van der Waals surface area contributed by atoms with Crippen LogP contribution in [0.3, 0.4) is 0 Å². The Kier molecular flexibility index (Phi) is 2.37. The fourth-order valence-corrected chi connectivity index (χ4v) is 1.12. The molecule has 2 heteroatoms. The molecule has 0 N–H and O–H groups in total. The van der Waals surface area contributed by atoms with Crippen LogP contribution in [0.5, 0.6) is 0 Å². The fourth-order valence-electron chi connectivity index (χ4n) is 1.12. The minimum absolute atomic E-state index is 0.451. The fraction of sp³-hybridized carbons (Fsp3) is 0.400. The summed E-state index contributed by atoms with van der Waals surface area (Å²) in [5, 5.41) is 0. The Morgan fingerprint density at radius 3 is 2.92 bits per heavy atom. The van der Waals surface area contributed by atoms with Gasteiger partial charge in [-0.05, 0) is 31.4 Å². The molecular formula is C10H12NO. The predicted molar refractivity (Wildman–Crippen MR) is 46.4 cm³/mol. The van der Waals surface area contributed by atoms with Gasteiger partial charge in [-0.25, -0.2) is 0 Å². The van der Waals surface area contributed by atoms with Crippen LogP contribution in [-0.2, 0) is 4.74 Å². The number of rotatable bonds is 3. The predicted octanol–water partition coefficient (Wildman–Crippen LogP) is 2.16. The van der Waals surface area contributed by atoms with Gasteiger partial charge in [0.1, 0.15) is 6.61 Å². The van der Waals surface area contributed by atoms with E-state index in [1.807, 2.05) is 18.2 Å². The summed E-state index contributed by atoms with van der Waals surface area (Å²) in [5.41, 5.74) is 0.907. The van der Waals surface area contributed by atoms with Crippen LogP contribution in [-0.4, -0.2) is 11.1 Å². The van der Waals surface area contributed by atoms with E-state index < -0.39 is 0 Å². The van der Waals surface area contributed by atoms with Crippen molar-refractivity contribution in [2.24, 2.45) is 0 Å². The smallest absolute Gasteiger partial charge is 0.132 e. The van der Waals surface area contributed by atoms with Gasteiger partial charge in [0.2, 0.25) is 0 Å². The molecule has 1 saturated carbocycles. The highest BCUT2D eigenvalue weighted by Crippen LogP contribution is 2.23. The molecule has 0 atom stereocenters. The lowest BCUT2D eigenvalue weighted by Crippen LogP contribution is -2.20. The number of ether oxygens (including phenoxy) is 1. The van der Waals surface area contributed by atoms with E-state index in [2.05, 4.69) is 4.98 Å². The van der Waals surface area contributed by atoms with Crippen LogP contribution in [0, 0.1) is 6.61 Å². The van der Waals surface area contributed by atoms with Crippen molar-refractivity contribution in [3.63, 3.8) is 0 Å². The summed E-state index contributed by atoms with van der Waals surface area (Å²) in [6, 6.07) is 5.81. The second kappa shape index (κ2) is 3.68. The van der Waals surface area contributed by atoms with Crippen molar-refractivity contribution < 1.29 is 4.74 Å². The van der Waals surface area contributed by atoms with Gasteiger partial charge in [-0.2, -0.15) is 0 Å². The third-order valence-corrected chi connectivity index (χ3v) is 2.12. The topological polar surface area (TPSA) is 22.1 Å². The van der Waals surface area contributed by atoms with Crippen molar-refractivity contribution in [1.82, 2.24) is 4.98 Å². The van der Waals surface area contributed by atoms with Crippen LogP contribution >= 0.6 is 0 Å². The molecule has 1 heterocycles. The third kappa shape index (κ3) is 1.83. The molecule has 0 unspecified atom stereocenters. The lowest BCUT2D eigenvalue weighted by atomic mass is 9.96. The van der Waals surface area contributed by atoms with Gasteiger partial charge in [0.25, 0.3) is 0 Å². The van der Waals surface area contributed by atoms with E-state index in [9.17, 15) is 0 Å². The number of hydrogen-bond donors (Lipinski definition) is 0. The Bertz CT molecular complexity index is 231. The van der Waals surface area contributed by atoms with E-state index in [0.29, 0.717) is 6.10 Å². The Morgan fingerprint density at radius 1 is 1.42 bits per heavy atom. The van der Waals surface area contributed by atoms with Crippen LogP contribution in [0.15, 0.2) is 24.4 Å². The molecule has 1 aromatic heterocycles. The molecule has 1 aromatic rings. The van der Waals surface area contributed by atoms with Crippen LogP contribution in [0.4, 0.5) is 0 Å². The third-order valence-electron chi connectivity index (χ3n) is 2.12. The van der Waals surface area contributed by atoms with Gasteiger partial charge in [-0.15, -0.1) is 0 Å². The number of pyridine rings is 1.